The summed E-state index contributed by atoms with van der Waals surface area (Å²) in [6, 6.07) is 7.50. The Morgan fingerprint density at radius 2 is 1.76 bits per heavy atom. The number of Topliss-reactive ketones (excluding diaryl/α,β-unsaturated/α-hetero) is 2. The summed E-state index contributed by atoms with van der Waals surface area (Å²) in [5.74, 6) is -6.30. The molecule has 11 heteroatoms. The van der Waals surface area contributed by atoms with E-state index in [1.165, 1.54) is 0 Å². The first-order chi connectivity index (χ1) is 19.4. The van der Waals surface area contributed by atoms with Crippen molar-refractivity contribution in [3.63, 3.8) is 0 Å². The molecule has 6 N–H and O–H groups in total. The fraction of sp³-hybridized carbons (Fsp3) is 0.400. The van der Waals surface area contributed by atoms with Gasteiger partial charge in [-0.1, -0.05) is 18.2 Å². The van der Waals surface area contributed by atoms with Crippen molar-refractivity contribution in [2.24, 2.45) is 17.6 Å². The first kappa shape index (κ1) is 27.0. The van der Waals surface area contributed by atoms with Crippen LogP contribution >= 0.6 is 0 Å². The van der Waals surface area contributed by atoms with Gasteiger partial charge in [-0.25, -0.2) is 0 Å². The van der Waals surface area contributed by atoms with Crippen LogP contribution in [0.15, 0.2) is 46.9 Å². The summed E-state index contributed by atoms with van der Waals surface area (Å²) in [5, 5.41) is 45.5. The molecule has 0 aromatic heterocycles. The predicted octanol–water partition coefficient (Wildman–Crippen LogP) is 1.40. The molecule has 1 heterocycles. The van der Waals surface area contributed by atoms with Gasteiger partial charge in [0.05, 0.1) is 5.56 Å². The van der Waals surface area contributed by atoms with Gasteiger partial charge in [-0.15, -0.1) is 0 Å². The van der Waals surface area contributed by atoms with E-state index in [0.29, 0.717) is 43.7 Å². The molecule has 2 aromatic carbocycles. The smallest absolute Gasteiger partial charge is 0.255 e. The second kappa shape index (κ2) is 9.42. The standard InChI is InChI=1S/C30H31N3O8/c1-14(34)33-6-4-32(5-7-33)13-15-2-3-16-9-17-10-18-11-19-12-21(35)24(29(31)40)28(39)30(19,41)27(38)23(18)26(37)22(17)25(36)20(16)8-15/h2-3,8-9,18-19,35-36,38,41H,4-7,10-13H2,1H3,(H2,31,40)/t18?,19-,30-/m0/s1. The highest BCUT2D eigenvalue weighted by atomic mass is 16.3. The van der Waals surface area contributed by atoms with Crippen molar-refractivity contribution in [1.82, 2.24) is 9.80 Å². The number of rotatable bonds is 3. The van der Waals surface area contributed by atoms with Crippen LogP contribution in [0, 0.1) is 11.8 Å². The number of carbonyl (C=O) groups excluding carboxylic acids is 4. The molecule has 1 fully saturated rings. The Kier molecular flexibility index (Phi) is 6.20. The summed E-state index contributed by atoms with van der Waals surface area (Å²) in [5.41, 5.74) is 3.21. The van der Waals surface area contributed by atoms with Gasteiger partial charge in [0.25, 0.3) is 5.91 Å². The maximum Gasteiger partial charge on any atom is 0.255 e. The fourth-order valence-corrected chi connectivity index (χ4v) is 7.01. The maximum absolute atomic E-state index is 13.8. The van der Waals surface area contributed by atoms with E-state index in [2.05, 4.69) is 4.90 Å². The first-order valence-corrected chi connectivity index (χ1v) is 13.6. The molecule has 0 saturated carbocycles. The topological polar surface area (TPSA) is 182 Å². The minimum atomic E-state index is -2.58. The average molecular weight is 562 g/mol. The Hall–Kier alpha value is -4.22. The van der Waals surface area contributed by atoms with Gasteiger partial charge in [-0.3, -0.25) is 24.1 Å². The molecule has 3 atom stereocenters. The van der Waals surface area contributed by atoms with Gasteiger partial charge in [-0.05, 0) is 41.3 Å². The number of ketones is 2. The van der Waals surface area contributed by atoms with E-state index in [0.717, 1.165) is 10.9 Å². The van der Waals surface area contributed by atoms with Crippen molar-refractivity contribution in [3.05, 3.63) is 63.6 Å². The van der Waals surface area contributed by atoms with Crippen LogP contribution in [0.25, 0.3) is 10.8 Å². The van der Waals surface area contributed by atoms with Gasteiger partial charge < -0.3 is 31.1 Å². The first-order valence-electron chi connectivity index (χ1n) is 13.6. The van der Waals surface area contributed by atoms with Gasteiger partial charge in [0, 0.05) is 62.9 Å². The highest BCUT2D eigenvalue weighted by Crippen LogP contribution is 2.52. The molecule has 0 spiro atoms. The second-order valence-corrected chi connectivity index (χ2v) is 11.5. The molecule has 214 valence electrons. The summed E-state index contributed by atoms with van der Waals surface area (Å²) in [7, 11) is 0. The summed E-state index contributed by atoms with van der Waals surface area (Å²) in [4.78, 5) is 54.4. The van der Waals surface area contributed by atoms with Crippen LogP contribution in [-0.2, 0) is 27.3 Å². The average Bonchev–Trinajstić information content (AvgIpc) is 2.91. The lowest BCUT2D eigenvalue weighted by atomic mass is 9.60. The number of aromatic hydroxyl groups is 1. The van der Waals surface area contributed by atoms with Crippen LogP contribution in [0.2, 0.25) is 0 Å². The summed E-state index contributed by atoms with van der Waals surface area (Å²) in [6.07, 6.45) is 0.0998. The molecule has 2 aromatic rings. The van der Waals surface area contributed by atoms with Crippen LogP contribution < -0.4 is 5.73 Å². The largest absolute Gasteiger partial charge is 0.511 e. The Bertz CT molecular complexity index is 1620. The molecule has 1 saturated heterocycles. The molecule has 4 aliphatic rings. The Balaban J connectivity index is 1.36. The number of nitrogens with zero attached hydrogens (tertiary/aromatic N) is 2. The van der Waals surface area contributed by atoms with Crippen LogP contribution in [0.1, 0.15) is 41.3 Å². The Morgan fingerprint density at radius 1 is 1.05 bits per heavy atom. The van der Waals surface area contributed by atoms with Gasteiger partial charge >= 0.3 is 0 Å². The van der Waals surface area contributed by atoms with Gasteiger partial charge in [-0.2, -0.15) is 0 Å². The summed E-state index contributed by atoms with van der Waals surface area (Å²) >= 11 is 0. The zero-order chi connectivity index (χ0) is 29.4. The minimum Gasteiger partial charge on any atom is -0.511 e. The van der Waals surface area contributed by atoms with Crippen molar-refractivity contribution in [3.8, 4) is 5.75 Å². The lowest BCUT2D eigenvalue weighted by molar-refractivity contribution is -0.144. The third kappa shape index (κ3) is 4.02. The highest BCUT2D eigenvalue weighted by Gasteiger charge is 2.59. The van der Waals surface area contributed by atoms with Crippen molar-refractivity contribution < 1.29 is 39.6 Å². The Morgan fingerprint density at radius 3 is 2.41 bits per heavy atom. The lowest BCUT2D eigenvalue weighted by Crippen LogP contribution is -2.57. The molecule has 1 aliphatic heterocycles. The minimum absolute atomic E-state index is 0.00125. The Labute approximate surface area is 235 Å². The van der Waals surface area contributed by atoms with Crippen LogP contribution in [0.4, 0.5) is 0 Å². The molecule has 0 bridgehead atoms. The second-order valence-electron chi connectivity index (χ2n) is 11.5. The van der Waals surface area contributed by atoms with E-state index < -0.39 is 52.0 Å². The number of fused-ring (bicyclic) bond motifs is 4. The quantitative estimate of drug-likeness (QED) is 0.346. The monoisotopic (exact) mass is 561 g/mol. The number of primary amides is 1. The van der Waals surface area contributed by atoms with Gasteiger partial charge in [0.2, 0.25) is 11.7 Å². The normalized spacial score (nSPS) is 26.6. The molecule has 41 heavy (non-hydrogen) atoms. The van der Waals surface area contributed by atoms with Crippen molar-refractivity contribution >= 4 is 34.2 Å². The summed E-state index contributed by atoms with van der Waals surface area (Å²) < 4.78 is 0. The molecule has 0 radical (unpaired) electrons. The number of piperazine rings is 1. The zero-order valence-corrected chi connectivity index (χ0v) is 22.5. The number of aliphatic hydroxyl groups excluding tert-OH is 2. The molecular formula is C30H31N3O8. The van der Waals surface area contributed by atoms with Gasteiger partial charge in [0.1, 0.15) is 22.8 Å². The lowest BCUT2D eigenvalue weighted by Gasteiger charge is -2.45. The van der Waals surface area contributed by atoms with E-state index in [4.69, 9.17) is 5.73 Å². The number of phenols is 1. The van der Waals surface area contributed by atoms with Crippen molar-refractivity contribution in [2.45, 2.75) is 38.3 Å². The number of amides is 2. The van der Waals surface area contributed by atoms with Crippen LogP contribution in [0.5, 0.6) is 5.75 Å². The van der Waals surface area contributed by atoms with Crippen molar-refractivity contribution in [2.75, 3.05) is 26.2 Å². The van der Waals surface area contributed by atoms with Gasteiger partial charge in [0.15, 0.2) is 11.4 Å². The number of nitrogens with two attached hydrogens (primary N) is 1. The van der Waals surface area contributed by atoms with Crippen molar-refractivity contribution in [1.29, 1.82) is 0 Å². The number of phenolic OH excluding ortho intramolecular Hbond substituents is 1. The number of hydrogen-bond donors (Lipinski definition) is 5. The number of allylic oxidation sites excluding steroid dienone is 2. The fourth-order valence-electron chi connectivity index (χ4n) is 7.01. The molecule has 6 rings (SSSR count). The summed E-state index contributed by atoms with van der Waals surface area (Å²) in [6.45, 7) is 4.87. The molecule has 2 amide bonds. The third-order valence-corrected chi connectivity index (χ3v) is 9.15. The molecule has 1 unspecified atom stereocenters. The van der Waals surface area contributed by atoms with Crippen LogP contribution in [-0.4, -0.2) is 85.4 Å². The third-order valence-electron chi connectivity index (χ3n) is 9.15. The van der Waals surface area contributed by atoms with Crippen LogP contribution in [0.3, 0.4) is 0 Å². The van der Waals surface area contributed by atoms with E-state index in [1.807, 2.05) is 24.3 Å². The van der Waals surface area contributed by atoms with E-state index in [-0.39, 0.29) is 42.1 Å². The molecule has 3 aliphatic carbocycles. The highest BCUT2D eigenvalue weighted by molar-refractivity contribution is 6.24. The maximum atomic E-state index is 13.8. The zero-order valence-electron chi connectivity index (χ0n) is 22.5. The number of hydrogen-bond acceptors (Lipinski definition) is 9. The van der Waals surface area contributed by atoms with E-state index in [1.54, 1.807) is 11.8 Å². The number of carbonyl (C=O) groups is 4. The SMILES string of the molecule is CC(=O)N1CCN(Cc2ccc3cc4c(c(O)c3c2)C(=O)C2=C(O)[C@]3(O)C(=O)C(C(N)=O)=C(O)C[C@@H]3CC2C4)CC1. The predicted molar refractivity (Wildman–Crippen MR) is 146 cm³/mol. The number of benzene rings is 2. The molecule has 11 nitrogen and oxygen atoms in total. The number of aliphatic hydroxyl groups is 3. The van der Waals surface area contributed by atoms with E-state index in [9.17, 15) is 39.6 Å². The molecular weight excluding hydrogens is 530 g/mol. The van der Waals surface area contributed by atoms with E-state index >= 15 is 0 Å².